The molecule has 2 aromatic rings. The lowest BCUT2D eigenvalue weighted by Crippen LogP contribution is -2.48. The molecule has 190 valence electrons. The van der Waals surface area contributed by atoms with E-state index in [0.717, 1.165) is 0 Å². The van der Waals surface area contributed by atoms with Crippen LogP contribution in [0.25, 0.3) is 6.08 Å². The van der Waals surface area contributed by atoms with Gasteiger partial charge in [0.05, 0.1) is 24.5 Å². The number of benzene rings is 2. The van der Waals surface area contributed by atoms with Gasteiger partial charge >= 0.3 is 6.09 Å². The number of piperazine rings is 1. The van der Waals surface area contributed by atoms with E-state index in [0.29, 0.717) is 43.1 Å². The van der Waals surface area contributed by atoms with Crippen molar-refractivity contribution < 1.29 is 33.7 Å². The minimum Gasteiger partial charge on any atom is -0.504 e. The van der Waals surface area contributed by atoms with Crippen molar-refractivity contribution in [2.45, 2.75) is 13.0 Å². The molecule has 10 nitrogen and oxygen atoms in total. The number of anilines is 2. The van der Waals surface area contributed by atoms with E-state index in [1.54, 1.807) is 29.2 Å². The quantitative estimate of drug-likeness (QED) is 0.412. The Morgan fingerprint density at radius 2 is 1.86 bits per heavy atom. The summed E-state index contributed by atoms with van der Waals surface area (Å²) in [5.41, 5.74) is 1.32. The number of aromatic hydroxyl groups is 2. The first-order valence-corrected chi connectivity index (χ1v) is 11.5. The Bertz CT molecular complexity index is 1200. The monoisotopic (exact) mass is 498 g/mol. The number of nitrogens with one attached hydrogen (secondary N) is 1. The Labute approximate surface area is 207 Å². The van der Waals surface area contributed by atoms with Crippen LogP contribution in [0.5, 0.6) is 11.5 Å². The summed E-state index contributed by atoms with van der Waals surface area (Å²) >= 11 is 0. The van der Waals surface area contributed by atoms with Gasteiger partial charge in [0.25, 0.3) is 0 Å². The van der Waals surface area contributed by atoms with E-state index in [1.165, 1.54) is 36.1 Å². The number of hydrogen-bond donors (Lipinski definition) is 3. The lowest BCUT2D eigenvalue weighted by Gasteiger charge is -2.36. The summed E-state index contributed by atoms with van der Waals surface area (Å²) in [6, 6.07) is 8.81. The van der Waals surface area contributed by atoms with Crippen LogP contribution in [0.2, 0.25) is 0 Å². The minimum atomic E-state index is -0.597. The molecule has 2 aliphatic heterocycles. The highest BCUT2D eigenvalue weighted by Gasteiger charge is 2.33. The molecule has 0 aromatic heterocycles. The molecule has 0 saturated carbocycles. The smallest absolute Gasteiger partial charge is 0.414 e. The molecule has 0 unspecified atom stereocenters. The summed E-state index contributed by atoms with van der Waals surface area (Å²) in [5, 5.41) is 21.5. The maximum atomic E-state index is 15.0. The number of ether oxygens (including phenoxy) is 1. The van der Waals surface area contributed by atoms with Gasteiger partial charge in [-0.05, 0) is 42.0 Å². The molecule has 1 atom stereocenters. The van der Waals surface area contributed by atoms with Crippen molar-refractivity contribution in [3.05, 3.63) is 53.9 Å². The average Bonchev–Trinajstić information content (AvgIpc) is 3.23. The van der Waals surface area contributed by atoms with E-state index in [9.17, 15) is 29.0 Å². The lowest BCUT2D eigenvalue weighted by molar-refractivity contribution is -0.126. The third-order valence-electron chi connectivity index (χ3n) is 6.05. The summed E-state index contributed by atoms with van der Waals surface area (Å²) < 4.78 is 20.2. The van der Waals surface area contributed by atoms with Gasteiger partial charge in [-0.2, -0.15) is 0 Å². The number of amides is 3. The molecule has 2 aromatic carbocycles. The van der Waals surface area contributed by atoms with Crippen LogP contribution in [0.3, 0.4) is 0 Å². The van der Waals surface area contributed by atoms with Gasteiger partial charge < -0.3 is 30.1 Å². The summed E-state index contributed by atoms with van der Waals surface area (Å²) in [4.78, 5) is 40.6. The first-order valence-electron chi connectivity index (χ1n) is 11.5. The van der Waals surface area contributed by atoms with Crippen LogP contribution < -0.4 is 15.1 Å². The van der Waals surface area contributed by atoms with Crippen molar-refractivity contribution in [3.63, 3.8) is 0 Å². The second kappa shape index (κ2) is 10.5. The van der Waals surface area contributed by atoms with E-state index >= 15 is 0 Å². The Morgan fingerprint density at radius 1 is 1.11 bits per heavy atom. The molecular formula is C25H27FN4O6. The first-order chi connectivity index (χ1) is 17.2. The number of phenols is 2. The molecule has 3 N–H and O–H groups in total. The zero-order chi connectivity index (χ0) is 25.8. The maximum Gasteiger partial charge on any atom is 0.414 e. The minimum absolute atomic E-state index is 0.188. The zero-order valence-corrected chi connectivity index (χ0v) is 19.7. The van der Waals surface area contributed by atoms with Crippen LogP contribution >= 0.6 is 0 Å². The third-order valence-corrected chi connectivity index (χ3v) is 6.05. The molecule has 0 aliphatic carbocycles. The molecule has 2 fully saturated rings. The second-order valence-electron chi connectivity index (χ2n) is 8.58. The van der Waals surface area contributed by atoms with Crippen molar-refractivity contribution in [1.82, 2.24) is 10.2 Å². The summed E-state index contributed by atoms with van der Waals surface area (Å²) in [7, 11) is 0. The van der Waals surface area contributed by atoms with E-state index in [4.69, 9.17) is 4.74 Å². The molecule has 2 aliphatic rings. The molecule has 0 spiro atoms. The van der Waals surface area contributed by atoms with Crippen LogP contribution in [0.1, 0.15) is 12.5 Å². The second-order valence-corrected chi connectivity index (χ2v) is 8.58. The van der Waals surface area contributed by atoms with Gasteiger partial charge in [0.15, 0.2) is 11.5 Å². The molecule has 36 heavy (non-hydrogen) atoms. The Kier molecular flexibility index (Phi) is 7.28. The van der Waals surface area contributed by atoms with Crippen molar-refractivity contribution in [2.24, 2.45) is 0 Å². The van der Waals surface area contributed by atoms with Crippen LogP contribution in [-0.2, 0) is 14.3 Å². The SMILES string of the molecule is CC(=O)NC[C@H]1CN(c2ccc(N3CCN(C(=O)/C=C/c4ccc(O)c(O)c4)CC3)c(F)c2)C(=O)O1. The van der Waals surface area contributed by atoms with Gasteiger partial charge in [0.1, 0.15) is 11.9 Å². The largest absolute Gasteiger partial charge is 0.504 e. The van der Waals surface area contributed by atoms with E-state index in [2.05, 4.69) is 5.32 Å². The fourth-order valence-corrected chi connectivity index (χ4v) is 4.10. The number of halogens is 1. The van der Waals surface area contributed by atoms with Crippen molar-refractivity contribution >= 4 is 35.4 Å². The maximum absolute atomic E-state index is 15.0. The number of carbonyl (C=O) groups excluding carboxylic acids is 3. The van der Waals surface area contributed by atoms with Gasteiger partial charge in [-0.3, -0.25) is 14.5 Å². The molecule has 3 amide bonds. The molecule has 4 rings (SSSR count). The fraction of sp³-hybridized carbons (Fsp3) is 0.320. The Balaban J connectivity index is 1.33. The van der Waals surface area contributed by atoms with E-state index < -0.39 is 18.0 Å². The number of nitrogens with zero attached hydrogens (tertiary/aromatic N) is 3. The predicted octanol–water partition coefficient (Wildman–Crippen LogP) is 2.06. The summed E-state index contributed by atoms with van der Waals surface area (Å²) in [5.74, 6) is -1.42. The summed E-state index contributed by atoms with van der Waals surface area (Å²) in [6.07, 6.45) is 1.84. The highest BCUT2D eigenvalue weighted by Crippen LogP contribution is 2.29. The lowest BCUT2D eigenvalue weighted by atomic mass is 10.1. The number of cyclic esters (lactones) is 1. The fourth-order valence-electron chi connectivity index (χ4n) is 4.10. The Hall–Kier alpha value is -4.28. The van der Waals surface area contributed by atoms with Gasteiger partial charge in [0, 0.05) is 39.2 Å². The number of rotatable bonds is 6. The van der Waals surface area contributed by atoms with Gasteiger partial charge in [-0.25, -0.2) is 9.18 Å². The highest BCUT2D eigenvalue weighted by atomic mass is 19.1. The molecule has 0 bridgehead atoms. The average molecular weight is 499 g/mol. The van der Waals surface area contributed by atoms with Crippen LogP contribution in [0, 0.1) is 5.82 Å². The van der Waals surface area contributed by atoms with E-state index in [-0.39, 0.29) is 36.4 Å². The van der Waals surface area contributed by atoms with Crippen molar-refractivity contribution in [2.75, 3.05) is 49.1 Å². The predicted molar refractivity (Wildman–Crippen MR) is 130 cm³/mol. The number of phenolic OH excluding ortho intramolecular Hbond substituents is 2. The third kappa shape index (κ3) is 5.68. The highest BCUT2D eigenvalue weighted by molar-refractivity contribution is 5.92. The van der Waals surface area contributed by atoms with Gasteiger partial charge in [-0.15, -0.1) is 0 Å². The van der Waals surface area contributed by atoms with Crippen molar-refractivity contribution in [1.29, 1.82) is 0 Å². The molecular weight excluding hydrogens is 471 g/mol. The molecule has 2 saturated heterocycles. The standard InChI is InChI=1S/C25H27FN4O6/c1-16(31)27-14-19-15-30(25(35)36-19)18-4-5-21(20(26)13-18)28-8-10-29(11-9-28)24(34)7-3-17-2-6-22(32)23(33)12-17/h2-7,12-13,19,32-33H,8-11,14-15H2,1H3,(H,27,31)/b7-3+/t19-/m0/s1. The van der Waals surface area contributed by atoms with Gasteiger partial charge in [0.2, 0.25) is 11.8 Å². The van der Waals surface area contributed by atoms with Crippen molar-refractivity contribution in [3.8, 4) is 11.5 Å². The number of hydrogen-bond acceptors (Lipinski definition) is 7. The number of carbonyl (C=O) groups is 3. The first kappa shape index (κ1) is 24.8. The topological polar surface area (TPSA) is 123 Å². The zero-order valence-electron chi connectivity index (χ0n) is 19.7. The van der Waals surface area contributed by atoms with Crippen LogP contribution in [0.4, 0.5) is 20.6 Å². The Morgan fingerprint density at radius 3 is 2.53 bits per heavy atom. The molecule has 11 heteroatoms. The summed E-state index contributed by atoms with van der Waals surface area (Å²) in [6.45, 7) is 3.42. The van der Waals surface area contributed by atoms with Crippen LogP contribution in [-0.4, -0.2) is 78.4 Å². The molecule has 2 heterocycles. The normalized spacial score (nSPS) is 18.0. The molecule has 0 radical (unpaired) electrons. The van der Waals surface area contributed by atoms with Gasteiger partial charge in [-0.1, -0.05) is 6.07 Å². The van der Waals surface area contributed by atoms with E-state index in [1.807, 2.05) is 4.90 Å². The van der Waals surface area contributed by atoms with Crippen LogP contribution in [0.15, 0.2) is 42.5 Å².